The normalized spacial score (nSPS) is 12.8. The van der Waals surface area contributed by atoms with Gasteiger partial charge < -0.3 is 16.0 Å². The number of thiophene rings is 1. The molecule has 2 aromatic carbocycles. The van der Waals surface area contributed by atoms with Crippen LogP contribution in [0.5, 0.6) is 0 Å². The first-order valence-electron chi connectivity index (χ1n) is 9.71. The van der Waals surface area contributed by atoms with Crippen LogP contribution in [0.2, 0.25) is 0 Å². The van der Waals surface area contributed by atoms with E-state index in [1.807, 2.05) is 23.6 Å². The predicted molar refractivity (Wildman–Crippen MR) is 118 cm³/mol. The molecule has 0 radical (unpaired) electrons. The average molecular weight is 420 g/mol. The van der Waals surface area contributed by atoms with E-state index in [4.69, 9.17) is 0 Å². The van der Waals surface area contributed by atoms with Gasteiger partial charge in [-0.15, -0.1) is 11.3 Å². The van der Waals surface area contributed by atoms with Gasteiger partial charge in [0.25, 0.3) is 11.8 Å². The number of amides is 3. The van der Waals surface area contributed by atoms with E-state index in [0.717, 1.165) is 18.4 Å². The van der Waals surface area contributed by atoms with Crippen LogP contribution in [0.25, 0.3) is 0 Å². The Labute approximate surface area is 178 Å². The molecule has 1 aliphatic carbocycles. The first-order valence-corrected chi connectivity index (χ1v) is 10.6. The highest BCUT2D eigenvalue weighted by Gasteiger charge is 2.29. The van der Waals surface area contributed by atoms with Crippen LogP contribution < -0.4 is 16.0 Å². The number of anilines is 2. The van der Waals surface area contributed by atoms with Crippen molar-refractivity contribution in [3.8, 4) is 0 Å². The van der Waals surface area contributed by atoms with E-state index in [1.165, 1.54) is 11.3 Å². The standard InChI is InChI=1S/C23H21N3O3S/c27-21(25-18-3-1-4-19(13-18)26-22(28)17-10-11-17)16-8-6-15(7-9-16)14-24-23(29)20-5-2-12-30-20/h1-9,12-13,17H,10-11,14H2,(H,24,29)(H,25,27)(H,26,28). The van der Waals surface area contributed by atoms with Crippen LogP contribution in [0, 0.1) is 5.92 Å². The summed E-state index contributed by atoms with van der Waals surface area (Å²) in [6.45, 7) is 0.390. The molecule has 0 aliphatic heterocycles. The van der Waals surface area contributed by atoms with Gasteiger partial charge in [0.2, 0.25) is 5.91 Å². The van der Waals surface area contributed by atoms with Crippen molar-refractivity contribution in [2.75, 3.05) is 10.6 Å². The van der Waals surface area contributed by atoms with Gasteiger partial charge in [-0.2, -0.15) is 0 Å². The van der Waals surface area contributed by atoms with Gasteiger partial charge in [0, 0.05) is 29.4 Å². The van der Waals surface area contributed by atoms with E-state index in [1.54, 1.807) is 42.5 Å². The van der Waals surface area contributed by atoms with E-state index < -0.39 is 0 Å². The van der Waals surface area contributed by atoms with Crippen LogP contribution in [0.1, 0.15) is 38.4 Å². The van der Waals surface area contributed by atoms with E-state index in [-0.39, 0.29) is 23.6 Å². The molecule has 4 rings (SSSR count). The summed E-state index contributed by atoms with van der Waals surface area (Å²) in [6.07, 6.45) is 1.88. The molecule has 0 atom stereocenters. The summed E-state index contributed by atoms with van der Waals surface area (Å²) in [5.74, 6) is -0.201. The van der Waals surface area contributed by atoms with E-state index in [0.29, 0.717) is 28.4 Å². The number of carbonyl (C=O) groups excluding carboxylic acids is 3. The fourth-order valence-corrected chi connectivity index (χ4v) is 3.56. The van der Waals surface area contributed by atoms with Crippen molar-refractivity contribution in [3.05, 3.63) is 82.0 Å². The Morgan fingerprint density at radius 1 is 0.867 bits per heavy atom. The fraction of sp³-hybridized carbons (Fsp3) is 0.174. The second-order valence-electron chi connectivity index (χ2n) is 7.16. The Kier molecular flexibility index (Phi) is 5.90. The van der Waals surface area contributed by atoms with Crippen LogP contribution in [-0.4, -0.2) is 17.7 Å². The predicted octanol–water partition coefficient (Wildman–Crippen LogP) is 4.28. The molecule has 0 saturated heterocycles. The maximum Gasteiger partial charge on any atom is 0.261 e. The van der Waals surface area contributed by atoms with Gasteiger partial charge in [-0.3, -0.25) is 14.4 Å². The minimum atomic E-state index is -0.241. The number of carbonyl (C=O) groups is 3. The summed E-state index contributed by atoms with van der Waals surface area (Å²) < 4.78 is 0. The Bertz CT molecular complexity index is 1060. The molecule has 1 heterocycles. The van der Waals surface area contributed by atoms with E-state index in [2.05, 4.69) is 16.0 Å². The lowest BCUT2D eigenvalue weighted by molar-refractivity contribution is -0.117. The molecular weight excluding hydrogens is 398 g/mol. The lowest BCUT2D eigenvalue weighted by Crippen LogP contribution is -2.21. The topological polar surface area (TPSA) is 87.3 Å². The van der Waals surface area contributed by atoms with E-state index in [9.17, 15) is 14.4 Å². The van der Waals surface area contributed by atoms with E-state index >= 15 is 0 Å². The third-order valence-corrected chi connectivity index (χ3v) is 5.62. The van der Waals surface area contributed by atoms with Crippen molar-refractivity contribution < 1.29 is 14.4 Å². The van der Waals surface area contributed by atoms with Gasteiger partial charge in [-0.1, -0.05) is 24.3 Å². The van der Waals surface area contributed by atoms with Gasteiger partial charge in [0.05, 0.1) is 4.88 Å². The summed E-state index contributed by atoms with van der Waals surface area (Å²) >= 11 is 1.39. The van der Waals surface area contributed by atoms with Crippen molar-refractivity contribution >= 4 is 40.4 Å². The SMILES string of the molecule is O=C(Nc1cccc(NC(=O)C2CC2)c1)c1ccc(CNC(=O)c2cccs2)cc1. The van der Waals surface area contributed by atoms with Gasteiger partial charge in [0.1, 0.15) is 0 Å². The Morgan fingerprint density at radius 2 is 1.60 bits per heavy atom. The Morgan fingerprint density at radius 3 is 2.27 bits per heavy atom. The minimum absolute atomic E-state index is 0.0280. The third kappa shape index (κ3) is 5.12. The molecule has 152 valence electrons. The monoisotopic (exact) mass is 419 g/mol. The van der Waals surface area contributed by atoms with Crippen LogP contribution in [-0.2, 0) is 11.3 Å². The van der Waals surface area contributed by atoms with Gasteiger partial charge >= 0.3 is 0 Å². The van der Waals surface area contributed by atoms with Crippen molar-refractivity contribution in [3.63, 3.8) is 0 Å². The fourth-order valence-electron chi connectivity index (χ4n) is 2.92. The molecule has 7 heteroatoms. The summed E-state index contributed by atoms with van der Waals surface area (Å²) in [6, 6.07) is 17.8. The number of hydrogen-bond donors (Lipinski definition) is 3. The molecule has 0 bridgehead atoms. The number of nitrogens with one attached hydrogen (secondary N) is 3. The zero-order valence-corrected chi connectivity index (χ0v) is 17.0. The lowest BCUT2D eigenvalue weighted by atomic mass is 10.1. The second-order valence-corrected chi connectivity index (χ2v) is 8.10. The van der Waals surface area contributed by atoms with Gasteiger partial charge in [0.15, 0.2) is 0 Å². The van der Waals surface area contributed by atoms with Crippen molar-refractivity contribution in [1.29, 1.82) is 0 Å². The molecule has 0 unspecified atom stereocenters. The zero-order valence-electron chi connectivity index (χ0n) is 16.2. The van der Waals surface area contributed by atoms with Crippen LogP contribution >= 0.6 is 11.3 Å². The maximum atomic E-state index is 12.5. The maximum absolute atomic E-state index is 12.5. The molecule has 6 nitrogen and oxygen atoms in total. The highest BCUT2D eigenvalue weighted by molar-refractivity contribution is 7.12. The van der Waals surface area contributed by atoms with Crippen LogP contribution in [0.4, 0.5) is 11.4 Å². The Hall–Kier alpha value is -3.45. The molecule has 3 aromatic rings. The molecule has 1 fully saturated rings. The van der Waals surface area contributed by atoms with Crippen molar-refractivity contribution in [2.45, 2.75) is 19.4 Å². The smallest absolute Gasteiger partial charge is 0.261 e. The number of hydrogen-bond acceptors (Lipinski definition) is 4. The molecule has 1 aromatic heterocycles. The second kappa shape index (κ2) is 8.92. The largest absolute Gasteiger partial charge is 0.347 e. The summed E-state index contributed by atoms with van der Waals surface area (Å²) in [5.41, 5.74) is 2.69. The van der Waals surface area contributed by atoms with Crippen molar-refractivity contribution in [1.82, 2.24) is 5.32 Å². The summed E-state index contributed by atoms with van der Waals surface area (Å²) in [5, 5.41) is 10.4. The van der Waals surface area contributed by atoms with Crippen LogP contribution in [0.3, 0.4) is 0 Å². The number of rotatable bonds is 7. The molecule has 3 amide bonds. The first-order chi connectivity index (χ1) is 14.6. The quantitative estimate of drug-likeness (QED) is 0.534. The molecule has 1 saturated carbocycles. The van der Waals surface area contributed by atoms with Gasteiger partial charge in [-0.05, 0) is 60.2 Å². The highest BCUT2D eigenvalue weighted by Crippen LogP contribution is 2.30. The first kappa shape index (κ1) is 19.8. The third-order valence-electron chi connectivity index (χ3n) is 4.75. The summed E-state index contributed by atoms with van der Waals surface area (Å²) in [4.78, 5) is 37.1. The van der Waals surface area contributed by atoms with Gasteiger partial charge in [-0.25, -0.2) is 0 Å². The lowest BCUT2D eigenvalue weighted by Gasteiger charge is -2.09. The summed E-state index contributed by atoms with van der Waals surface area (Å²) in [7, 11) is 0. The van der Waals surface area contributed by atoms with Crippen molar-refractivity contribution in [2.24, 2.45) is 5.92 Å². The molecule has 0 spiro atoms. The Balaban J connectivity index is 1.32. The molecule has 3 N–H and O–H groups in total. The van der Waals surface area contributed by atoms with Crippen LogP contribution in [0.15, 0.2) is 66.0 Å². The molecular formula is C23H21N3O3S. The number of benzene rings is 2. The average Bonchev–Trinajstić information content (AvgIpc) is 3.47. The molecule has 1 aliphatic rings. The molecule has 30 heavy (non-hydrogen) atoms. The minimum Gasteiger partial charge on any atom is -0.347 e. The highest BCUT2D eigenvalue weighted by atomic mass is 32.1. The zero-order chi connectivity index (χ0) is 20.9.